The van der Waals surface area contributed by atoms with Crippen LogP contribution in [0.5, 0.6) is 0 Å². The fourth-order valence-electron chi connectivity index (χ4n) is 1.82. The van der Waals surface area contributed by atoms with Crippen LogP contribution in [0.4, 0.5) is 10.2 Å². The van der Waals surface area contributed by atoms with Crippen LogP contribution in [0.25, 0.3) is 0 Å². The van der Waals surface area contributed by atoms with Gasteiger partial charge in [0, 0.05) is 18.0 Å². The molecule has 0 amide bonds. The second-order valence-corrected chi connectivity index (χ2v) is 5.39. The van der Waals surface area contributed by atoms with Crippen molar-refractivity contribution in [2.75, 3.05) is 5.32 Å². The van der Waals surface area contributed by atoms with Gasteiger partial charge in [0.2, 0.25) is 0 Å². The molecule has 106 valence electrons. The fourth-order valence-corrected chi connectivity index (χ4v) is 2.01. The lowest BCUT2D eigenvalue weighted by Crippen LogP contribution is -2.10. The molecule has 0 aliphatic carbocycles. The summed E-state index contributed by atoms with van der Waals surface area (Å²) < 4.78 is 12.9. The Bertz CT molecular complexity index is 584. The molecule has 20 heavy (non-hydrogen) atoms. The minimum Gasteiger partial charge on any atom is -0.363 e. The second-order valence-electron chi connectivity index (χ2n) is 5.01. The van der Waals surface area contributed by atoms with Crippen molar-refractivity contribution in [3.63, 3.8) is 0 Å². The lowest BCUT2D eigenvalue weighted by atomic mass is 10.1. The maximum Gasteiger partial charge on any atom is 0.135 e. The molecule has 5 heteroatoms. The number of hydrogen-bond donors (Lipinski definition) is 1. The van der Waals surface area contributed by atoms with Crippen molar-refractivity contribution in [1.82, 2.24) is 9.97 Å². The van der Waals surface area contributed by atoms with E-state index >= 15 is 0 Å². The van der Waals surface area contributed by atoms with Crippen molar-refractivity contribution in [1.29, 1.82) is 0 Å². The van der Waals surface area contributed by atoms with Gasteiger partial charge < -0.3 is 5.32 Å². The largest absolute Gasteiger partial charge is 0.363 e. The molecule has 0 aliphatic heterocycles. The van der Waals surface area contributed by atoms with Gasteiger partial charge in [-0.3, -0.25) is 0 Å². The molecule has 1 heterocycles. The van der Waals surface area contributed by atoms with Gasteiger partial charge in [0.05, 0.1) is 0 Å². The number of halogens is 2. The van der Waals surface area contributed by atoms with Crippen LogP contribution in [0.1, 0.15) is 44.1 Å². The number of anilines is 1. The fraction of sp³-hybridized carbons (Fsp3) is 0.333. The molecule has 2 aromatic rings. The van der Waals surface area contributed by atoms with Crippen molar-refractivity contribution in [3.05, 3.63) is 52.7 Å². The predicted octanol–water partition coefficient (Wildman–Crippen LogP) is 4.57. The number of nitrogens with zero attached hydrogens (tertiary/aromatic N) is 2. The first-order valence-electron chi connectivity index (χ1n) is 6.52. The highest BCUT2D eigenvalue weighted by molar-refractivity contribution is 6.29. The van der Waals surface area contributed by atoms with Crippen LogP contribution < -0.4 is 5.32 Å². The highest BCUT2D eigenvalue weighted by Crippen LogP contribution is 2.22. The number of rotatable bonds is 4. The number of nitrogens with one attached hydrogen (secondary N) is 1. The molecule has 0 bridgehead atoms. The van der Waals surface area contributed by atoms with Gasteiger partial charge in [-0.15, -0.1) is 0 Å². The van der Waals surface area contributed by atoms with Gasteiger partial charge in [-0.05, 0) is 24.6 Å². The molecule has 2 rings (SSSR count). The first kappa shape index (κ1) is 14.7. The van der Waals surface area contributed by atoms with Crippen LogP contribution in [-0.2, 0) is 0 Å². The molecule has 0 aliphatic rings. The Hall–Kier alpha value is -1.68. The third kappa shape index (κ3) is 3.67. The topological polar surface area (TPSA) is 37.8 Å². The number of benzene rings is 1. The Balaban J connectivity index is 2.18. The van der Waals surface area contributed by atoms with E-state index in [4.69, 9.17) is 11.6 Å². The van der Waals surface area contributed by atoms with Gasteiger partial charge in [-0.1, -0.05) is 37.6 Å². The molecule has 0 fully saturated rings. The minimum atomic E-state index is -0.242. The monoisotopic (exact) mass is 293 g/mol. The molecular formula is C15H17ClFN3. The van der Waals surface area contributed by atoms with E-state index in [1.807, 2.05) is 20.8 Å². The van der Waals surface area contributed by atoms with Crippen LogP contribution in [0.3, 0.4) is 0 Å². The molecule has 0 radical (unpaired) electrons. The third-order valence-electron chi connectivity index (χ3n) is 2.96. The van der Waals surface area contributed by atoms with E-state index in [0.717, 1.165) is 5.56 Å². The van der Waals surface area contributed by atoms with Crippen LogP contribution in [0.15, 0.2) is 30.3 Å². The number of hydrogen-bond acceptors (Lipinski definition) is 3. The Morgan fingerprint density at radius 3 is 2.35 bits per heavy atom. The van der Waals surface area contributed by atoms with Gasteiger partial charge >= 0.3 is 0 Å². The summed E-state index contributed by atoms with van der Waals surface area (Å²) in [6, 6.07) is 8.08. The molecule has 1 aromatic heterocycles. The zero-order valence-corrected chi connectivity index (χ0v) is 12.4. The molecular weight excluding hydrogens is 277 g/mol. The van der Waals surface area contributed by atoms with Crippen LogP contribution in [-0.4, -0.2) is 9.97 Å². The maximum atomic E-state index is 12.9. The summed E-state index contributed by atoms with van der Waals surface area (Å²) in [5.41, 5.74) is 0.979. The Kier molecular flexibility index (Phi) is 4.55. The summed E-state index contributed by atoms with van der Waals surface area (Å²) in [4.78, 5) is 8.63. The van der Waals surface area contributed by atoms with E-state index < -0.39 is 0 Å². The molecule has 1 N–H and O–H groups in total. The van der Waals surface area contributed by atoms with E-state index in [2.05, 4.69) is 15.3 Å². The number of aromatic nitrogens is 2. The average molecular weight is 294 g/mol. The van der Waals surface area contributed by atoms with E-state index in [9.17, 15) is 4.39 Å². The Morgan fingerprint density at radius 2 is 1.75 bits per heavy atom. The summed E-state index contributed by atoms with van der Waals surface area (Å²) in [5, 5.41) is 3.67. The molecule has 0 spiro atoms. The predicted molar refractivity (Wildman–Crippen MR) is 79.6 cm³/mol. The third-order valence-corrected chi connectivity index (χ3v) is 3.16. The lowest BCUT2D eigenvalue weighted by Gasteiger charge is -2.16. The van der Waals surface area contributed by atoms with Crippen molar-refractivity contribution in [2.45, 2.75) is 32.7 Å². The average Bonchev–Trinajstić information content (AvgIpc) is 2.38. The van der Waals surface area contributed by atoms with E-state index in [0.29, 0.717) is 16.8 Å². The van der Waals surface area contributed by atoms with E-state index in [1.165, 1.54) is 12.1 Å². The molecule has 0 saturated heterocycles. The van der Waals surface area contributed by atoms with Gasteiger partial charge in [-0.25, -0.2) is 14.4 Å². The van der Waals surface area contributed by atoms with Crippen molar-refractivity contribution in [3.8, 4) is 0 Å². The summed E-state index contributed by atoms with van der Waals surface area (Å²) in [7, 11) is 0. The summed E-state index contributed by atoms with van der Waals surface area (Å²) >= 11 is 6.00. The summed E-state index contributed by atoms with van der Waals surface area (Å²) in [5.74, 6) is 1.33. The van der Waals surface area contributed by atoms with E-state index in [1.54, 1.807) is 18.2 Å². The smallest absolute Gasteiger partial charge is 0.135 e. The summed E-state index contributed by atoms with van der Waals surface area (Å²) in [6.45, 7) is 6.01. The Morgan fingerprint density at radius 1 is 1.10 bits per heavy atom. The molecule has 1 unspecified atom stereocenters. The normalized spacial score (nSPS) is 12.5. The summed E-state index contributed by atoms with van der Waals surface area (Å²) in [6.07, 6.45) is 0. The van der Waals surface area contributed by atoms with Crippen molar-refractivity contribution >= 4 is 17.4 Å². The first-order valence-corrected chi connectivity index (χ1v) is 6.90. The lowest BCUT2D eigenvalue weighted by molar-refractivity contribution is 0.626. The van der Waals surface area contributed by atoms with E-state index in [-0.39, 0.29) is 17.8 Å². The first-order chi connectivity index (χ1) is 9.45. The molecule has 3 nitrogen and oxygen atoms in total. The highest BCUT2D eigenvalue weighted by Gasteiger charge is 2.10. The molecule has 1 aromatic carbocycles. The zero-order chi connectivity index (χ0) is 14.7. The van der Waals surface area contributed by atoms with Gasteiger partial charge in [0.25, 0.3) is 0 Å². The van der Waals surface area contributed by atoms with Crippen LogP contribution in [0, 0.1) is 5.82 Å². The highest BCUT2D eigenvalue weighted by atomic mass is 35.5. The van der Waals surface area contributed by atoms with Crippen LogP contribution >= 0.6 is 11.6 Å². The van der Waals surface area contributed by atoms with Gasteiger partial charge in [0.15, 0.2) is 0 Å². The van der Waals surface area contributed by atoms with Crippen LogP contribution in [0.2, 0.25) is 5.15 Å². The second kappa shape index (κ2) is 6.18. The minimum absolute atomic E-state index is 0.00146. The van der Waals surface area contributed by atoms with Crippen molar-refractivity contribution < 1.29 is 4.39 Å². The Labute approximate surface area is 123 Å². The maximum absolute atomic E-state index is 12.9. The molecule has 0 saturated carbocycles. The van der Waals surface area contributed by atoms with Gasteiger partial charge in [0.1, 0.15) is 22.6 Å². The quantitative estimate of drug-likeness (QED) is 0.839. The van der Waals surface area contributed by atoms with Crippen molar-refractivity contribution in [2.24, 2.45) is 0 Å². The SMILES string of the molecule is CC(C)c1nc(Cl)cc(NC(C)c2ccc(F)cc2)n1. The van der Waals surface area contributed by atoms with Gasteiger partial charge in [-0.2, -0.15) is 0 Å². The standard InChI is InChI=1S/C15H17ClFN3/c1-9(2)15-19-13(16)8-14(20-15)18-10(3)11-4-6-12(17)7-5-11/h4-10H,1-3H3,(H,18,19,20). The molecule has 1 atom stereocenters. The zero-order valence-electron chi connectivity index (χ0n) is 11.7.